The normalized spacial score (nSPS) is 18.5. The number of carbonyl (C=O) groups excluding carboxylic acids is 1. The van der Waals surface area contributed by atoms with Crippen LogP contribution >= 0.6 is 15.9 Å². The Morgan fingerprint density at radius 2 is 1.66 bits per heavy atom. The Morgan fingerprint density at radius 3 is 2.23 bits per heavy atom. The molecule has 2 saturated carbocycles. The van der Waals surface area contributed by atoms with Crippen molar-refractivity contribution in [3.05, 3.63) is 76.0 Å². The van der Waals surface area contributed by atoms with Crippen molar-refractivity contribution < 1.29 is 33.7 Å². The van der Waals surface area contributed by atoms with Crippen molar-refractivity contribution >= 4 is 33.7 Å². The number of nitrogens with one attached hydrogen (secondary N) is 1. The van der Waals surface area contributed by atoms with E-state index in [1.54, 1.807) is 30.3 Å². The minimum absolute atomic E-state index is 0.0678. The summed E-state index contributed by atoms with van der Waals surface area (Å²) in [5.41, 5.74) is 0.531. The maximum Gasteiger partial charge on any atom is 0.328 e. The van der Waals surface area contributed by atoms with Crippen molar-refractivity contribution in [2.45, 2.75) is 19.3 Å². The SMILES string of the molecule is O=C(O)/C=C/C(=O)O.O=C(c1ccc(Br)cc1)c1ccc(OCC2CC2CNCC2CC2)cc1F. The summed E-state index contributed by atoms with van der Waals surface area (Å²) >= 11 is 3.33. The first-order valence-electron chi connectivity index (χ1n) is 11.3. The zero-order valence-corrected chi connectivity index (χ0v) is 20.5. The highest BCUT2D eigenvalue weighted by Crippen LogP contribution is 2.38. The van der Waals surface area contributed by atoms with Gasteiger partial charge in [-0.1, -0.05) is 15.9 Å². The van der Waals surface area contributed by atoms with E-state index in [2.05, 4.69) is 21.2 Å². The number of carboxylic acid groups (broad SMARTS) is 2. The van der Waals surface area contributed by atoms with Crippen molar-refractivity contribution in [1.82, 2.24) is 5.32 Å². The first-order chi connectivity index (χ1) is 16.7. The molecule has 9 heteroatoms. The fraction of sp³-hybridized carbons (Fsp3) is 0.346. The van der Waals surface area contributed by atoms with Gasteiger partial charge in [-0.15, -0.1) is 0 Å². The summed E-state index contributed by atoms with van der Waals surface area (Å²) in [7, 11) is 0. The molecule has 0 amide bonds. The van der Waals surface area contributed by atoms with E-state index < -0.39 is 17.8 Å². The first kappa shape index (κ1) is 26.6. The van der Waals surface area contributed by atoms with Crippen LogP contribution in [0.5, 0.6) is 5.75 Å². The molecule has 186 valence electrons. The van der Waals surface area contributed by atoms with E-state index in [-0.39, 0.29) is 11.3 Å². The molecule has 2 aliphatic rings. The average Bonchev–Trinajstić information content (AvgIpc) is 3.74. The smallest absolute Gasteiger partial charge is 0.328 e. The predicted molar refractivity (Wildman–Crippen MR) is 131 cm³/mol. The highest BCUT2D eigenvalue weighted by molar-refractivity contribution is 9.10. The molecule has 7 nitrogen and oxygen atoms in total. The van der Waals surface area contributed by atoms with Gasteiger partial charge in [-0.2, -0.15) is 0 Å². The molecule has 2 aromatic carbocycles. The van der Waals surface area contributed by atoms with Gasteiger partial charge >= 0.3 is 11.9 Å². The van der Waals surface area contributed by atoms with Crippen LogP contribution in [0.2, 0.25) is 0 Å². The molecule has 3 N–H and O–H groups in total. The molecule has 2 unspecified atom stereocenters. The van der Waals surface area contributed by atoms with Gasteiger partial charge in [0.05, 0.1) is 12.2 Å². The van der Waals surface area contributed by atoms with Crippen LogP contribution < -0.4 is 10.1 Å². The lowest BCUT2D eigenvalue weighted by molar-refractivity contribution is -0.134. The zero-order chi connectivity index (χ0) is 25.4. The Kier molecular flexibility index (Phi) is 9.56. The van der Waals surface area contributed by atoms with Gasteiger partial charge in [-0.05, 0) is 86.5 Å². The first-order valence-corrected chi connectivity index (χ1v) is 12.1. The summed E-state index contributed by atoms with van der Waals surface area (Å²) in [5.74, 6) is -0.776. The second kappa shape index (κ2) is 12.6. The van der Waals surface area contributed by atoms with E-state index in [0.717, 1.165) is 23.5 Å². The molecule has 0 bridgehead atoms. The minimum atomic E-state index is -1.26. The molecule has 35 heavy (non-hydrogen) atoms. The van der Waals surface area contributed by atoms with E-state index in [0.29, 0.717) is 41.9 Å². The zero-order valence-electron chi connectivity index (χ0n) is 19.0. The summed E-state index contributed by atoms with van der Waals surface area (Å²) in [6, 6.07) is 11.4. The Balaban J connectivity index is 0.000000371. The van der Waals surface area contributed by atoms with Gasteiger partial charge in [0, 0.05) is 28.3 Å². The second-order valence-corrected chi connectivity index (χ2v) is 9.57. The summed E-state index contributed by atoms with van der Waals surface area (Å²) in [6.07, 6.45) is 5.02. The number of hydrogen-bond donors (Lipinski definition) is 3. The summed E-state index contributed by atoms with van der Waals surface area (Å²) in [6.45, 7) is 2.80. The van der Waals surface area contributed by atoms with Gasteiger partial charge in [-0.25, -0.2) is 14.0 Å². The lowest BCUT2D eigenvalue weighted by atomic mass is 10.0. The van der Waals surface area contributed by atoms with Crippen LogP contribution in [0, 0.1) is 23.6 Å². The summed E-state index contributed by atoms with van der Waals surface area (Å²) < 4.78 is 21.0. The van der Waals surface area contributed by atoms with Gasteiger partial charge in [0.2, 0.25) is 0 Å². The third kappa shape index (κ3) is 9.26. The number of aliphatic carboxylic acids is 2. The molecule has 2 fully saturated rings. The number of ether oxygens (including phenoxy) is 1. The standard InChI is InChI=1S/C22H23BrFNO2.C4H4O4/c23-18-5-3-15(4-6-18)22(26)20-8-7-19(10-21(20)24)27-13-17-9-16(17)12-25-11-14-1-2-14;5-3(6)1-2-4(7)8/h3-8,10,14,16-17,25H,1-2,9,11-13H2;1-2H,(H,5,6)(H,7,8)/b;2-1+. The van der Waals surface area contributed by atoms with Crippen LogP contribution in [0.1, 0.15) is 35.2 Å². The van der Waals surface area contributed by atoms with Crippen molar-refractivity contribution in [3.63, 3.8) is 0 Å². The maximum absolute atomic E-state index is 14.4. The third-order valence-corrected chi connectivity index (χ3v) is 6.26. The quantitative estimate of drug-likeness (QED) is 0.279. The predicted octanol–water partition coefficient (Wildman–Crippen LogP) is 4.55. The number of halogens is 2. The number of benzene rings is 2. The van der Waals surface area contributed by atoms with Gasteiger partial charge in [0.1, 0.15) is 11.6 Å². The molecule has 4 rings (SSSR count). The lowest BCUT2D eigenvalue weighted by Crippen LogP contribution is -2.20. The average molecular weight is 548 g/mol. The van der Waals surface area contributed by atoms with E-state index in [4.69, 9.17) is 14.9 Å². The molecular formula is C26H27BrFNO6. The fourth-order valence-electron chi connectivity index (χ4n) is 3.43. The molecule has 2 atom stereocenters. The van der Waals surface area contributed by atoms with Crippen molar-refractivity contribution in [1.29, 1.82) is 0 Å². The minimum Gasteiger partial charge on any atom is -0.493 e. The van der Waals surface area contributed by atoms with Gasteiger partial charge < -0.3 is 20.3 Å². The van der Waals surface area contributed by atoms with Crippen molar-refractivity contribution in [3.8, 4) is 5.75 Å². The van der Waals surface area contributed by atoms with E-state index in [1.165, 1.54) is 31.4 Å². The largest absolute Gasteiger partial charge is 0.493 e. The van der Waals surface area contributed by atoms with E-state index in [1.807, 2.05) is 0 Å². The van der Waals surface area contributed by atoms with Gasteiger partial charge in [-0.3, -0.25) is 4.79 Å². The van der Waals surface area contributed by atoms with Crippen molar-refractivity contribution in [2.24, 2.45) is 17.8 Å². The summed E-state index contributed by atoms with van der Waals surface area (Å²) in [5, 5.41) is 19.2. The lowest BCUT2D eigenvalue weighted by Gasteiger charge is -2.09. The molecule has 0 heterocycles. The number of ketones is 1. The molecule has 0 aliphatic heterocycles. The number of carboxylic acids is 2. The van der Waals surface area contributed by atoms with Crippen LogP contribution in [0.25, 0.3) is 0 Å². The molecule has 2 aromatic rings. The van der Waals surface area contributed by atoms with Crippen LogP contribution in [0.4, 0.5) is 4.39 Å². The number of carbonyl (C=O) groups is 3. The van der Waals surface area contributed by atoms with Crippen LogP contribution in [-0.4, -0.2) is 47.6 Å². The molecule has 0 radical (unpaired) electrons. The Labute approximate surface area is 211 Å². The van der Waals surface area contributed by atoms with E-state index in [9.17, 15) is 18.8 Å². The molecule has 2 aliphatic carbocycles. The second-order valence-electron chi connectivity index (χ2n) is 8.66. The maximum atomic E-state index is 14.4. The highest BCUT2D eigenvalue weighted by Gasteiger charge is 2.37. The Morgan fingerprint density at radius 1 is 1.00 bits per heavy atom. The van der Waals surface area contributed by atoms with Crippen LogP contribution in [0.15, 0.2) is 59.1 Å². The molecular weight excluding hydrogens is 521 g/mol. The van der Waals surface area contributed by atoms with Gasteiger partial charge in [0.15, 0.2) is 5.78 Å². The van der Waals surface area contributed by atoms with E-state index >= 15 is 0 Å². The molecule has 0 saturated heterocycles. The van der Waals surface area contributed by atoms with Crippen LogP contribution in [-0.2, 0) is 9.59 Å². The summed E-state index contributed by atoms with van der Waals surface area (Å²) in [4.78, 5) is 31.6. The van der Waals surface area contributed by atoms with Crippen molar-refractivity contribution in [2.75, 3.05) is 19.7 Å². The monoisotopic (exact) mass is 547 g/mol. The Hall–Kier alpha value is -3.04. The third-order valence-electron chi connectivity index (χ3n) is 5.73. The topological polar surface area (TPSA) is 113 Å². The molecule has 0 aromatic heterocycles. The number of rotatable bonds is 11. The Bertz CT molecular complexity index is 1070. The fourth-order valence-corrected chi connectivity index (χ4v) is 3.70. The van der Waals surface area contributed by atoms with Crippen LogP contribution in [0.3, 0.4) is 0 Å². The van der Waals surface area contributed by atoms with Gasteiger partial charge in [0.25, 0.3) is 0 Å². The molecule has 0 spiro atoms. The number of hydrogen-bond acceptors (Lipinski definition) is 5. The highest BCUT2D eigenvalue weighted by atomic mass is 79.9.